The monoisotopic (exact) mass is 325 g/mol. The van der Waals surface area contributed by atoms with Crippen molar-refractivity contribution in [3.63, 3.8) is 0 Å². The van der Waals surface area contributed by atoms with Crippen molar-refractivity contribution in [1.29, 1.82) is 0 Å². The first kappa shape index (κ1) is 15.3. The Morgan fingerprint density at radius 2 is 1.80 bits per heavy atom. The van der Waals surface area contributed by atoms with Gasteiger partial charge in [0.05, 0.1) is 34.4 Å². The molecule has 1 aromatic rings. The van der Waals surface area contributed by atoms with Gasteiger partial charge >= 0.3 is 0 Å². The van der Waals surface area contributed by atoms with Crippen LogP contribution in [-0.2, 0) is 24.5 Å². The molecule has 20 heavy (non-hydrogen) atoms. The molecule has 0 aliphatic carbocycles. The SMILES string of the molecule is Cc1ccc(S(=O)(=O)N=S2(=O)CCOCC2)c(F)c1F. The Bertz CT molecular complexity index is 740. The fraction of sp³-hybridized carbons (Fsp3) is 0.455. The minimum Gasteiger partial charge on any atom is -0.379 e. The van der Waals surface area contributed by atoms with E-state index in [9.17, 15) is 21.4 Å². The van der Waals surface area contributed by atoms with E-state index < -0.39 is 36.3 Å². The van der Waals surface area contributed by atoms with E-state index in [1.54, 1.807) is 0 Å². The van der Waals surface area contributed by atoms with Crippen LogP contribution in [0.3, 0.4) is 0 Å². The van der Waals surface area contributed by atoms with Crippen molar-refractivity contribution in [2.75, 3.05) is 24.7 Å². The normalized spacial score (nSPS) is 18.8. The van der Waals surface area contributed by atoms with E-state index in [0.717, 1.165) is 12.1 Å². The fourth-order valence-corrected chi connectivity index (χ4v) is 5.57. The Labute approximate surface area is 116 Å². The minimum absolute atomic E-state index is 0.0169. The van der Waals surface area contributed by atoms with Crippen molar-refractivity contribution in [1.82, 2.24) is 0 Å². The smallest absolute Gasteiger partial charge is 0.293 e. The third kappa shape index (κ3) is 2.99. The quantitative estimate of drug-likeness (QED) is 0.825. The van der Waals surface area contributed by atoms with Crippen LogP contribution in [-0.4, -0.2) is 37.3 Å². The molecule has 9 heteroatoms. The summed E-state index contributed by atoms with van der Waals surface area (Å²) in [4.78, 5) is -0.894. The molecule has 1 heterocycles. The average molecular weight is 325 g/mol. The summed E-state index contributed by atoms with van der Waals surface area (Å²) >= 11 is 0. The van der Waals surface area contributed by atoms with E-state index >= 15 is 0 Å². The topological polar surface area (TPSA) is 72.8 Å². The van der Waals surface area contributed by atoms with Crippen molar-refractivity contribution in [3.05, 3.63) is 29.3 Å². The molecule has 5 nitrogen and oxygen atoms in total. The maximum atomic E-state index is 13.7. The number of rotatable bonds is 2. The molecular weight excluding hydrogens is 312 g/mol. The molecule has 0 spiro atoms. The summed E-state index contributed by atoms with van der Waals surface area (Å²) in [6, 6.07) is 2.06. The van der Waals surface area contributed by atoms with Crippen LogP contribution in [0.4, 0.5) is 8.78 Å². The Hall–Kier alpha value is -1.06. The molecule has 2 rings (SSSR count). The molecule has 1 saturated heterocycles. The van der Waals surface area contributed by atoms with E-state index in [4.69, 9.17) is 4.74 Å². The predicted molar refractivity (Wildman–Crippen MR) is 69.4 cm³/mol. The van der Waals surface area contributed by atoms with Gasteiger partial charge in [-0.3, -0.25) is 0 Å². The van der Waals surface area contributed by atoms with E-state index in [0.29, 0.717) is 0 Å². The molecule has 0 radical (unpaired) electrons. The van der Waals surface area contributed by atoms with Crippen LogP contribution in [0, 0.1) is 18.6 Å². The third-order valence-corrected chi connectivity index (χ3v) is 7.20. The predicted octanol–water partition coefficient (Wildman–Crippen LogP) is 1.46. The summed E-state index contributed by atoms with van der Waals surface area (Å²) in [5.74, 6) is -2.82. The number of hydrogen-bond acceptors (Lipinski definition) is 4. The van der Waals surface area contributed by atoms with Crippen LogP contribution >= 0.6 is 0 Å². The fourth-order valence-electron chi connectivity index (χ4n) is 1.70. The second kappa shape index (κ2) is 5.38. The van der Waals surface area contributed by atoms with Crippen LogP contribution in [0.25, 0.3) is 0 Å². The highest BCUT2D eigenvalue weighted by atomic mass is 32.3. The second-order valence-corrected chi connectivity index (χ2v) is 8.70. The Balaban J connectivity index is 2.54. The third-order valence-electron chi connectivity index (χ3n) is 2.85. The molecule has 0 bridgehead atoms. The zero-order valence-corrected chi connectivity index (χ0v) is 12.3. The maximum absolute atomic E-state index is 13.7. The van der Waals surface area contributed by atoms with Gasteiger partial charge in [0, 0.05) is 0 Å². The van der Waals surface area contributed by atoms with Crippen LogP contribution < -0.4 is 0 Å². The van der Waals surface area contributed by atoms with Crippen LogP contribution in [0.15, 0.2) is 20.8 Å². The number of benzene rings is 1. The second-order valence-electron chi connectivity index (χ2n) is 4.35. The maximum Gasteiger partial charge on any atom is 0.293 e. The van der Waals surface area contributed by atoms with Gasteiger partial charge in [-0.2, -0.15) is 8.42 Å². The van der Waals surface area contributed by atoms with E-state index in [2.05, 4.69) is 3.77 Å². The zero-order valence-electron chi connectivity index (χ0n) is 10.6. The molecular formula is C11H13F2NO4S2. The van der Waals surface area contributed by atoms with Gasteiger partial charge in [-0.15, -0.1) is 3.77 Å². The largest absolute Gasteiger partial charge is 0.379 e. The van der Waals surface area contributed by atoms with Gasteiger partial charge in [-0.1, -0.05) is 6.07 Å². The highest BCUT2D eigenvalue weighted by Crippen LogP contribution is 2.23. The van der Waals surface area contributed by atoms with Gasteiger partial charge in [-0.05, 0) is 18.6 Å². The van der Waals surface area contributed by atoms with Gasteiger partial charge in [-0.25, -0.2) is 13.0 Å². The number of nitrogens with zero attached hydrogens (tertiary/aromatic N) is 1. The van der Waals surface area contributed by atoms with Gasteiger partial charge < -0.3 is 4.74 Å². The number of hydrogen-bond donors (Lipinski definition) is 0. The van der Waals surface area contributed by atoms with Crippen molar-refractivity contribution in [2.45, 2.75) is 11.8 Å². The first-order valence-electron chi connectivity index (χ1n) is 5.76. The van der Waals surface area contributed by atoms with Crippen molar-refractivity contribution >= 4 is 19.8 Å². The van der Waals surface area contributed by atoms with E-state index in [1.807, 2.05) is 0 Å². The molecule has 0 N–H and O–H groups in total. The first-order chi connectivity index (χ1) is 9.25. The Kier molecular flexibility index (Phi) is 4.12. The summed E-state index contributed by atoms with van der Waals surface area (Å²) in [6.07, 6.45) is 0. The highest BCUT2D eigenvalue weighted by Gasteiger charge is 2.26. The number of ether oxygens (including phenoxy) is 1. The van der Waals surface area contributed by atoms with Crippen molar-refractivity contribution in [3.8, 4) is 0 Å². The highest BCUT2D eigenvalue weighted by molar-refractivity contribution is 8.03. The molecule has 112 valence electrons. The lowest BCUT2D eigenvalue weighted by Gasteiger charge is -2.15. The van der Waals surface area contributed by atoms with Gasteiger partial charge in [0.15, 0.2) is 11.6 Å². The summed E-state index contributed by atoms with van der Waals surface area (Å²) in [6.45, 7) is 1.57. The lowest BCUT2D eigenvalue weighted by Crippen LogP contribution is -2.26. The van der Waals surface area contributed by atoms with Gasteiger partial charge in [0.2, 0.25) is 0 Å². The molecule has 0 saturated carbocycles. The minimum atomic E-state index is -4.51. The molecule has 1 aliphatic heterocycles. The molecule has 1 aliphatic rings. The number of sulfonamides is 1. The van der Waals surface area contributed by atoms with Gasteiger partial charge in [0.25, 0.3) is 10.0 Å². The summed E-state index contributed by atoms with van der Waals surface area (Å²) in [5.41, 5.74) is -0.0169. The number of aryl methyl sites for hydroxylation is 1. The van der Waals surface area contributed by atoms with E-state index in [1.165, 1.54) is 6.92 Å². The van der Waals surface area contributed by atoms with E-state index in [-0.39, 0.29) is 30.3 Å². The molecule has 0 unspecified atom stereocenters. The molecule has 1 aromatic carbocycles. The van der Waals surface area contributed by atoms with Crippen LogP contribution in [0.1, 0.15) is 5.56 Å². The molecule has 0 amide bonds. The van der Waals surface area contributed by atoms with Crippen LogP contribution in [0.2, 0.25) is 0 Å². The van der Waals surface area contributed by atoms with Crippen molar-refractivity contribution < 1.29 is 26.1 Å². The Morgan fingerprint density at radius 3 is 2.40 bits per heavy atom. The van der Waals surface area contributed by atoms with Crippen molar-refractivity contribution in [2.24, 2.45) is 3.77 Å². The first-order valence-corrected chi connectivity index (χ1v) is 9.06. The zero-order chi connectivity index (χ0) is 15.0. The lowest BCUT2D eigenvalue weighted by atomic mass is 10.2. The molecule has 0 aromatic heterocycles. The Morgan fingerprint density at radius 1 is 1.20 bits per heavy atom. The molecule has 0 atom stereocenters. The summed E-state index contributed by atoms with van der Waals surface area (Å²) in [7, 11) is -7.52. The summed E-state index contributed by atoms with van der Waals surface area (Å²) in [5, 5.41) is 0. The number of halogens is 2. The standard InChI is InChI=1S/C11H13F2NO4S2/c1-8-2-3-9(11(13)10(8)12)20(16,17)14-19(15)6-4-18-5-7-19/h2-3H,4-7H2,1H3. The van der Waals surface area contributed by atoms with Crippen LogP contribution in [0.5, 0.6) is 0 Å². The lowest BCUT2D eigenvalue weighted by molar-refractivity contribution is 0.158. The van der Waals surface area contributed by atoms with Gasteiger partial charge in [0.1, 0.15) is 4.90 Å². The molecule has 1 fully saturated rings. The summed E-state index contributed by atoms with van der Waals surface area (Å²) < 4.78 is 71.6. The average Bonchev–Trinajstić information content (AvgIpc) is 2.35.